The molecule has 0 fully saturated rings. The Labute approximate surface area is 129 Å². The Hall–Kier alpha value is -2.75. The summed E-state index contributed by atoms with van der Waals surface area (Å²) in [5.74, 6) is 1.44. The average Bonchev–Trinajstić information content (AvgIpc) is 2.96. The van der Waals surface area contributed by atoms with Crippen molar-refractivity contribution in [2.75, 3.05) is 7.11 Å². The molecule has 0 saturated heterocycles. The second-order valence-electron chi connectivity index (χ2n) is 4.90. The minimum atomic E-state index is 0.404. The quantitative estimate of drug-likeness (QED) is 0.714. The maximum Gasteiger partial charge on any atom is 0.161 e. The first-order chi connectivity index (χ1) is 10.8. The summed E-state index contributed by atoms with van der Waals surface area (Å²) in [6.07, 6.45) is 7.95. The van der Waals surface area contributed by atoms with Crippen LogP contribution in [0.1, 0.15) is 18.2 Å². The number of fused-ring (bicyclic) bond motifs is 1. The first-order valence-corrected chi connectivity index (χ1v) is 7.16. The lowest BCUT2D eigenvalue weighted by Crippen LogP contribution is -1.98. The van der Waals surface area contributed by atoms with E-state index in [9.17, 15) is 0 Å². The Morgan fingerprint density at radius 1 is 1.18 bits per heavy atom. The molecule has 0 saturated carbocycles. The molecule has 3 aromatic rings. The van der Waals surface area contributed by atoms with Crippen molar-refractivity contribution in [2.45, 2.75) is 13.5 Å². The van der Waals surface area contributed by atoms with E-state index in [0.717, 1.165) is 22.7 Å². The second-order valence-corrected chi connectivity index (χ2v) is 4.90. The summed E-state index contributed by atoms with van der Waals surface area (Å²) >= 11 is 0. The minimum Gasteiger partial charge on any atom is -0.493 e. The van der Waals surface area contributed by atoms with Gasteiger partial charge in [-0.05, 0) is 36.8 Å². The van der Waals surface area contributed by atoms with Crippen molar-refractivity contribution < 1.29 is 9.47 Å². The molecule has 0 spiro atoms. The van der Waals surface area contributed by atoms with Gasteiger partial charge in [-0.3, -0.25) is 0 Å². The summed E-state index contributed by atoms with van der Waals surface area (Å²) in [5.41, 5.74) is 2.88. The molecular formula is C18H18N2O2. The highest BCUT2D eigenvalue weighted by atomic mass is 16.5. The summed E-state index contributed by atoms with van der Waals surface area (Å²) in [7, 11) is 1.65. The Morgan fingerprint density at radius 3 is 2.86 bits per heavy atom. The molecule has 0 radical (unpaired) electrons. The van der Waals surface area contributed by atoms with Crippen molar-refractivity contribution in [1.82, 2.24) is 9.38 Å². The van der Waals surface area contributed by atoms with Crippen molar-refractivity contribution in [3.8, 4) is 11.5 Å². The Kier molecular flexibility index (Phi) is 4.10. The first-order valence-electron chi connectivity index (χ1n) is 7.16. The van der Waals surface area contributed by atoms with Crippen LogP contribution >= 0.6 is 0 Å². The Balaban J connectivity index is 1.78. The number of ether oxygens (including phenoxy) is 2. The van der Waals surface area contributed by atoms with E-state index in [-0.39, 0.29) is 0 Å². The standard InChI is InChI=1S/C18H18N2O2/c1-3-6-14-8-9-16(17(11-14)21-2)22-13-15-12-20-10-5-4-7-18(20)19-15/h3-12H,13H2,1-2H3/b6-3+. The summed E-state index contributed by atoms with van der Waals surface area (Å²) in [6, 6.07) is 11.8. The van der Waals surface area contributed by atoms with Gasteiger partial charge in [-0.1, -0.05) is 24.3 Å². The molecule has 22 heavy (non-hydrogen) atoms. The van der Waals surface area contributed by atoms with Gasteiger partial charge in [-0.2, -0.15) is 0 Å². The van der Waals surface area contributed by atoms with Gasteiger partial charge in [-0.25, -0.2) is 4.98 Å². The fourth-order valence-electron chi connectivity index (χ4n) is 2.31. The molecule has 4 nitrogen and oxygen atoms in total. The van der Waals surface area contributed by atoms with Crippen molar-refractivity contribution in [3.05, 3.63) is 66.1 Å². The van der Waals surface area contributed by atoms with Crippen LogP contribution in [0.25, 0.3) is 11.7 Å². The van der Waals surface area contributed by atoms with Gasteiger partial charge >= 0.3 is 0 Å². The molecule has 112 valence electrons. The zero-order valence-electron chi connectivity index (χ0n) is 12.7. The van der Waals surface area contributed by atoms with Crippen LogP contribution in [0.4, 0.5) is 0 Å². The highest BCUT2D eigenvalue weighted by molar-refractivity contribution is 5.55. The van der Waals surface area contributed by atoms with Crippen molar-refractivity contribution in [2.24, 2.45) is 0 Å². The van der Waals surface area contributed by atoms with E-state index in [0.29, 0.717) is 12.4 Å². The number of allylic oxidation sites excluding steroid dienone is 1. The molecule has 0 amide bonds. The smallest absolute Gasteiger partial charge is 0.161 e. The van der Waals surface area contributed by atoms with Crippen LogP contribution in [0, 0.1) is 0 Å². The van der Waals surface area contributed by atoms with Crippen LogP contribution in [0.3, 0.4) is 0 Å². The SMILES string of the molecule is C/C=C/c1ccc(OCc2cn3ccccc3n2)c(OC)c1. The third-order valence-corrected chi connectivity index (χ3v) is 3.34. The molecule has 2 heterocycles. The van der Waals surface area contributed by atoms with Crippen LogP contribution in [-0.4, -0.2) is 16.5 Å². The number of pyridine rings is 1. The molecule has 3 rings (SSSR count). The summed E-state index contributed by atoms with van der Waals surface area (Å²) in [4.78, 5) is 4.52. The van der Waals surface area contributed by atoms with E-state index in [1.54, 1.807) is 7.11 Å². The largest absolute Gasteiger partial charge is 0.493 e. The lowest BCUT2D eigenvalue weighted by Gasteiger charge is -2.10. The van der Waals surface area contributed by atoms with Crippen molar-refractivity contribution in [3.63, 3.8) is 0 Å². The molecule has 4 heteroatoms. The van der Waals surface area contributed by atoms with E-state index in [4.69, 9.17) is 9.47 Å². The van der Waals surface area contributed by atoms with Gasteiger partial charge in [0.25, 0.3) is 0 Å². The molecule has 0 N–H and O–H groups in total. The van der Waals surface area contributed by atoms with Crippen LogP contribution in [0.15, 0.2) is 54.9 Å². The molecule has 0 aliphatic rings. The fraction of sp³-hybridized carbons (Fsp3) is 0.167. The molecule has 0 bridgehead atoms. The zero-order chi connectivity index (χ0) is 15.4. The topological polar surface area (TPSA) is 35.8 Å². The number of methoxy groups -OCH3 is 1. The predicted octanol–water partition coefficient (Wildman–Crippen LogP) is 3.96. The number of hydrogen-bond donors (Lipinski definition) is 0. The number of aromatic nitrogens is 2. The monoisotopic (exact) mass is 294 g/mol. The minimum absolute atomic E-state index is 0.404. The van der Waals surface area contributed by atoms with E-state index in [2.05, 4.69) is 4.98 Å². The molecular weight excluding hydrogens is 276 g/mol. The molecule has 0 aliphatic heterocycles. The van der Waals surface area contributed by atoms with Gasteiger partial charge in [0.2, 0.25) is 0 Å². The predicted molar refractivity (Wildman–Crippen MR) is 87.2 cm³/mol. The first kappa shape index (κ1) is 14.2. The highest BCUT2D eigenvalue weighted by Gasteiger charge is 2.07. The van der Waals surface area contributed by atoms with E-state index in [1.807, 2.05) is 72.3 Å². The van der Waals surface area contributed by atoms with Crippen molar-refractivity contribution >= 4 is 11.7 Å². The maximum atomic E-state index is 5.85. The van der Waals surface area contributed by atoms with Crippen LogP contribution in [0.2, 0.25) is 0 Å². The zero-order valence-corrected chi connectivity index (χ0v) is 12.7. The molecule has 0 atom stereocenters. The molecule has 2 aromatic heterocycles. The Bertz CT molecular complexity index is 773. The summed E-state index contributed by atoms with van der Waals surface area (Å²) < 4.78 is 13.2. The summed E-state index contributed by atoms with van der Waals surface area (Å²) in [6.45, 7) is 2.39. The lowest BCUT2D eigenvalue weighted by atomic mass is 10.2. The van der Waals surface area contributed by atoms with Gasteiger partial charge in [0.1, 0.15) is 12.3 Å². The average molecular weight is 294 g/mol. The second kappa shape index (κ2) is 6.35. The van der Waals surface area contributed by atoms with Gasteiger partial charge in [0.05, 0.1) is 12.8 Å². The number of hydrogen-bond acceptors (Lipinski definition) is 3. The number of nitrogens with zero attached hydrogens (tertiary/aromatic N) is 2. The number of imidazole rings is 1. The maximum absolute atomic E-state index is 5.85. The molecule has 0 aliphatic carbocycles. The number of benzene rings is 1. The van der Waals surface area contributed by atoms with Crippen molar-refractivity contribution in [1.29, 1.82) is 0 Å². The van der Waals surface area contributed by atoms with Gasteiger partial charge in [0.15, 0.2) is 11.5 Å². The van der Waals surface area contributed by atoms with Crippen LogP contribution < -0.4 is 9.47 Å². The highest BCUT2D eigenvalue weighted by Crippen LogP contribution is 2.29. The molecule has 0 unspecified atom stereocenters. The van der Waals surface area contributed by atoms with Gasteiger partial charge < -0.3 is 13.9 Å². The lowest BCUT2D eigenvalue weighted by molar-refractivity contribution is 0.281. The molecule has 1 aromatic carbocycles. The fourth-order valence-corrected chi connectivity index (χ4v) is 2.31. The van der Waals surface area contributed by atoms with E-state index < -0.39 is 0 Å². The van der Waals surface area contributed by atoms with Crippen LogP contribution in [-0.2, 0) is 6.61 Å². The van der Waals surface area contributed by atoms with Gasteiger partial charge in [-0.15, -0.1) is 0 Å². The third kappa shape index (κ3) is 2.96. The Morgan fingerprint density at radius 2 is 2.09 bits per heavy atom. The number of rotatable bonds is 5. The van der Waals surface area contributed by atoms with E-state index in [1.165, 1.54) is 0 Å². The van der Waals surface area contributed by atoms with E-state index >= 15 is 0 Å². The normalized spacial score (nSPS) is 11.2. The van der Waals surface area contributed by atoms with Gasteiger partial charge in [0, 0.05) is 12.4 Å². The third-order valence-electron chi connectivity index (χ3n) is 3.34. The summed E-state index contributed by atoms with van der Waals surface area (Å²) in [5, 5.41) is 0. The van der Waals surface area contributed by atoms with Crippen LogP contribution in [0.5, 0.6) is 11.5 Å².